The fraction of sp³-hybridized carbons (Fsp3) is 0.128. The van der Waals surface area contributed by atoms with Gasteiger partial charge in [-0.3, -0.25) is 0 Å². The normalized spacial score (nSPS) is 14.5. The summed E-state index contributed by atoms with van der Waals surface area (Å²) in [4.78, 5) is 0. The Morgan fingerprint density at radius 2 is 1.39 bits per heavy atom. The van der Waals surface area contributed by atoms with E-state index >= 15 is 0 Å². The molecule has 1 heterocycles. The van der Waals surface area contributed by atoms with Crippen LogP contribution in [0.4, 0.5) is 11.4 Å². The van der Waals surface area contributed by atoms with Gasteiger partial charge in [-0.2, -0.15) is 0 Å². The van der Waals surface area contributed by atoms with Crippen LogP contribution in [0.25, 0.3) is 50.4 Å². The molecule has 0 amide bonds. The van der Waals surface area contributed by atoms with Gasteiger partial charge in [0.25, 0.3) is 0 Å². The molecule has 0 spiro atoms. The number of hydrogen-bond acceptors (Lipinski definition) is 2. The van der Waals surface area contributed by atoms with Gasteiger partial charge in [0.05, 0.1) is 0 Å². The molecule has 0 bridgehead atoms. The van der Waals surface area contributed by atoms with Gasteiger partial charge in [-0.1, -0.05) is 92.7 Å². The summed E-state index contributed by atoms with van der Waals surface area (Å²) in [6, 6.07) is 39.7. The van der Waals surface area contributed by atoms with Crippen molar-refractivity contribution >= 4 is 28.4 Å². The average Bonchev–Trinajstić information content (AvgIpc) is 3.49. The maximum atomic E-state index is 6.09. The SMILES string of the molecule is CC1(C)c2ccccc2-c2cc(-c3cccc(Nc4ccc(-c5ccc6oc7c(c6c5)C=CCC7)cc4)c3)ccc21. The molecule has 2 aliphatic carbocycles. The molecular formula is C39H31NO. The molecule has 2 nitrogen and oxygen atoms in total. The van der Waals surface area contributed by atoms with Gasteiger partial charge < -0.3 is 9.73 Å². The third kappa shape index (κ3) is 3.94. The van der Waals surface area contributed by atoms with Crippen molar-refractivity contribution in [3.8, 4) is 33.4 Å². The number of allylic oxidation sites excluding steroid dienone is 1. The summed E-state index contributed by atoms with van der Waals surface area (Å²) < 4.78 is 6.09. The zero-order valence-electron chi connectivity index (χ0n) is 23.4. The van der Waals surface area contributed by atoms with E-state index in [0.717, 1.165) is 35.6 Å². The Morgan fingerprint density at radius 3 is 2.29 bits per heavy atom. The number of anilines is 2. The van der Waals surface area contributed by atoms with Crippen molar-refractivity contribution < 1.29 is 4.42 Å². The molecule has 1 N–H and O–H groups in total. The van der Waals surface area contributed by atoms with Crippen molar-refractivity contribution in [3.63, 3.8) is 0 Å². The maximum Gasteiger partial charge on any atom is 0.134 e. The highest BCUT2D eigenvalue weighted by Gasteiger charge is 2.35. The lowest BCUT2D eigenvalue weighted by molar-refractivity contribution is 0.546. The predicted molar refractivity (Wildman–Crippen MR) is 172 cm³/mol. The Balaban J connectivity index is 1.06. The molecule has 0 fully saturated rings. The highest BCUT2D eigenvalue weighted by atomic mass is 16.3. The van der Waals surface area contributed by atoms with Gasteiger partial charge in [0.2, 0.25) is 0 Å². The third-order valence-corrected chi connectivity index (χ3v) is 8.91. The number of aryl methyl sites for hydroxylation is 1. The molecule has 8 rings (SSSR count). The van der Waals surface area contributed by atoms with Crippen molar-refractivity contribution in [3.05, 3.63) is 138 Å². The van der Waals surface area contributed by atoms with Crippen LogP contribution in [0.1, 0.15) is 42.7 Å². The second-order valence-corrected chi connectivity index (χ2v) is 11.8. The molecule has 0 unspecified atom stereocenters. The van der Waals surface area contributed by atoms with Crippen LogP contribution in [0.5, 0.6) is 0 Å². The van der Waals surface area contributed by atoms with Crippen LogP contribution in [0.15, 0.2) is 120 Å². The molecule has 1 aromatic heterocycles. The molecular weight excluding hydrogens is 498 g/mol. The maximum absolute atomic E-state index is 6.09. The molecule has 0 atom stereocenters. The highest BCUT2D eigenvalue weighted by molar-refractivity contribution is 5.92. The summed E-state index contributed by atoms with van der Waals surface area (Å²) in [6.07, 6.45) is 6.48. The van der Waals surface area contributed by atoms with Crippen LogP contribution < -0.4 is 5.32 Å². The summed E-state index contributed by atoms with van der Waals surface area (Å²) in [5.41, 5.74) is 14.8. The van der Waals surface area contributed by atoms with Gasteiger partial charge in [0.15, 0.2) is 0 Å². The Bertz CT molecular complexity index is 1990. The van der Waals surface area contributed by atoms with E-state index < -0.39 is 0 Å². The van der Waals surface area contributed by atoms with Crippen LogP contribution in [-0.4, -0.2) is 0 Å². The average molecular weight is 530 g/mol. The van der Waals surface area contributed by atoms with Crippen LogP contribution >= 0.6 is 0 Å². The van der Waals surface area contributed by atoms with E-state index in [-0.39, 0.29) is 5.41 Å². The van der Waals surface area contributed by atoms with Crippen LogP contribution in [0.2, 0.25) is 0 Å². The first-order chi connectivity index (χ1) is 20.0. The van der Waals surface area contributed by atoms with E-state index in [1.54, 1.807) is 0 Å². The predicted octanol–water partition coefficient (Wildman–Crippen LogP) is 10.8. The van der Waals surface area contributed by atoms with Gasteiger partial charge in [0, 0.05) is 34.2 Å². The summed E-state index contributed by atoms with van der Waals surface area (Å²) in [6.45, 7) is 4.65. The molecule has 0 saturated carbocycles. The zero-order chi connectivity index (χ0) is 27.6. The molecule has 0 aliphatic heterocycles. The zero-order valence-corrected chi connectivity index (χ0v) is 23.4. The van der Waals surface area contributed by atoms with Crippen LogP contribution in [-0.2, 0) is 11.8 Å². The Labute approximate surface area is 241 Å². The standard InChI is InChI=1S/C39H31NO/c1-39(2)35-12-5-3-10-31(35)33-23-28(16-20-36(33)39)26-8-7-9-30(22-26)40-29-18-14-25(15-19-29)27-17-21-38-34(24-27)32-11-4-6-13-37(32)41-38/h3-5,7-12,14-24,40H,6,13H2,1-2H3. The molecule has 0 radical (unpaired) electrons. The van der Waals surface area contributed by atoms with Gasteiger partial charge in [-0.15, -0.1) is 0 Å². The fourth-order valence-electron chi connectivity index (χ4n) is 6.72. The first-order valence-corrected chi connectivity index (χ1v) is 14.5. The van der Waals surface area contributed by atoms with Crippen molar-refractivity contribution in [2.45, 2.75) is 32.1 Å². The number of rotatable bonds is 4. The summed E-state index contributed by atoms with van der Waals surface area (Å²) >= 11 is 0. The second kappa shape index (κ2) is 9.11. The van der Waals surface area contributed by atoms with E-state index in [4.69, 9.17) is 4.42 Å². The van der Waals surface area contributed by atoms with Gasteiger partial charge in [-0.25, -0.2) is 0 Å². The monoisotopic (exact) mass is 529 g/mol. The summed E-state index contributed by atoms with van der Waals surface area (Å²) in [7, 11) is 0. The lowest BCUT2D eigenvalue weighted by Gasteiger charge is -2.21. The minimum absolute atomic E-state index is 0.0285. The minimum atomic E-state index is 0.0285. The smallest absolute Gasteiger partial charge is 0.134 e. The number of hydrogen-bond donors (Lipinski definition) is 1. The van der Waals surface area contributed by atoms with Gasteiger partial charge in [-0.05, 0) is 93.4 Å². The highest BCUT2D eigenvalue weighted by Crippen LogP contribution is 2.49. The molecule has 5 aromatic carbocycles. The van der Waals surface area contributed by atoms with E-state index in [1.165, 1.54) is 55.5 Å². The summed E-state index contributed by atoms with van der Waals surface area (Å²) in [5.74, 6) is 1.11. The second-order valence-electron chi connectivity index (χ2n) is 11.8. The number of furan rings is 1. The lowest BCUT2D eigenvalue weighted by Crippen LogP contribution is -2.14. The summed E-state index contributed by atoms with van der Waals surface area (Å²) in [5, 5.41) is 4.82. The van der Waals surface area contributed by atoms with E-state index in [1.807, 2.05) is 0 Å². The molecule has 2 aliphatic rings. The van der Waals surface area contributed by atoms with Crippen LogP contribution in [0.3, 0.4) is 0 Å². The Kier molecular flexibility index (Phi) is 5.33. The number of nitrogens with one attached hydrogen (secondary N) is 1. The van der Waals surface area contributed by atoms with Crippen molar-refractivity contribution in [1.29, 1.82) is 0 Å². The van der Waals surface area contributed by atoms with Gasteiger partial charge >= 0.3 is 0 Å². The third-order valence-electron chi connectivity index (χ3n) is 8.91. The molecule has 2 heteroatoms. The minimum Gasteiger partial charge on any atom is -0.460 e. The van der Waals surface area contributed by atoms with Crippen LogP contribution in [0, 0.1) is 0 Å². The lowest BCUT2D eigenvalue weighted by atomic mass is 9.82. The van der Waals surface area contributed by atoms with E-state index in [2.05, 4.69) is 141 Å². The van der Waals surface area contributed by atoms with E-state index in [9.17, 15) is 0 Å². The fourth-order valence-corrected chi connectivity index (χ4v) is 6.72. The largest absolute Gasteiger partial charge is 0.460 e. The number of benzene rings is 5. The van der Waals surface area contributed by atoms with Crippen molar-refractivity contribution in [2.24, 2.45) is 0 Å². The molecule has 0 saturated heterocycles. The quantitative estimate of drug-likeness (QED) is 0.246. The molecule has 6 aromatic rings. The van der Waals surface area contributed by atoms with Crippen molar-refractivity contribution in [2.75, 3.05) is 5.32 Å². The van der Waals surface area contributed by atoms with Crippen molar-refractivity contribution in [1.82, 2.24) is 0 Å². The Morgan fingerprint density at radius 1 is 0.634 bits per heavy atom. The molecule has 198 valence electrons. The number of fused-ring (bicyclic) bond motifs is 6. The Hall–Kier alpha value is -4.82. The van der Waals surface area contributed by atoms with Gasteiger partial charge in [0.1, 0.15) is 11.3 Å². The van der Waals surface area contributed by atoms with E-state index in [0.29, 0.717) is 0 Å². The molecule has 41 heavy (non-hydrogen) atoms. The first kappa shape index (κ1) is 24.0. The topological polar surface area (TPSA) is 25.2 Å². The first-order valence-electron chi connectivity index (χ1n) is 14.5.